The van der Waals surface area contributed by atoms with E-state index in [1.165, 1.54) is 0 Å². The van der Waals surface area contributed by atoms with Crippen molar-refractivity contribution in [2.75, 3.05) is 5.32 Å². The van der Waals surface area contributed by atoms with E-state index < -0.39 is 6.10 Å². The van der Waals surface area contributed by atoms with Crippen molar-refractivity contribution in [2.24, 2.45) is 5.41 Å². The molecular weight excluding hydrogens is 369 g/mol. The van der Waals surface area contributed by atoms with Crippen LogP contribution >= 0.6 is 23.2 Å². The standard InChI is InChI=1S/C21H19Cl2NO2/c1-21(2)10-16-19(17(25)11-21)20(13-8-7-12(22)9-14(13)23)26-18-6-4-3-5-15(18)24-16/h3-9,20,24H,10-11H2,1-2H3. The molecule has 5 heteroatoms. The summed E-state index contributed by atoms with van der Waals surface area (Å²) in [4.78, 5) is 13.1. The minimum atomic E-state index is -0.561. The molecule has 0 amide bonds. The van der Waals surface area contributed by atoms with Gasteiger partial charge in [0.05, 0.1) is 11.3 Å². The number of carbonyl (C=O) groups excluding carboxylic acids is 1. The number of fused-ring (bicyclic) bond motifs is 1. The highest BCUT2D eigenvalue weighted by Crippen LogP contribution is 2.47. The van der Waals surface area contributed by atoms with E-state index in [1.54, 1.807) is 12.1 Å². The topological polar surface area (TPSA) is 38.3 Å². The first-order valence-corrected chi connectivity index (χ1v) is 9.33. The Bertz CT molecular complexity index is 933. The summed E-state index contributed by atoms with van der Waals surface area (Å²) < 4.78 is 6.30. The fraction of sp³-hybridized carbons (Fsp3) is 0.286. The first-order valence-electron chi connectivity index (χ1n) is 8.58. The maximum atomic E-state index is 13.1. The number of carbonyl (C=O) groups is 1. The fourth-order valence-electron chi connectivity index (χ4n) is 3.70. The van der Waals surface area contributed by atoms with Gasteiger partial charge in [-0.25, -0.2) is 0 Å². The van der Waals surface area contributed by atoms with Gasteiger partial charge in [-0.15, -0.1) is 0 Å². The van der Waals surface area contributed by atoms with E-state index in [0.717, 1.165) is 23.4 Å². The van der Waals surface area contributed by atoms with Gasteiger partial charge in [-0.1, -0.05) is 55.2 Å². The van der Waals surface area contributed by atoms with Gasteiger partial charge in [-0.05, 0) is 36.1 Å². The average Bonchev–Trinajstić information content (AvgIpc) is 2.69. The quantitative estimate of drug-likeness (QED) is 0.634. The van der Waals surface area contributed by atoms with Crippen molar-refractivity contribution in [3.8, 4) is 5.75 Å². The third-order valence-corrected chi connectivity index (χ3v) is 5.41. The largest absolute Gasteiger partial charge is 0.479 e. The molecule has 3 nitrogen and oxygen atoms in total. The first kappa shape index (κ1) is 17.4. The van der Waals surface area contributed by atoms with E-state index >= 15 is 0 Å². The van der Waals surface area contributed by atoms with Crippen LogP contribution in [0.1, 0.15) is 38.4 Å². The molecule has 0 spiro atoms. The van der Waals surface area contributed by atoms with Gasteiger partial charge < -0.3 is 10.1 Å². The molecule has 1 heterocycles. The third kappa shape index (κ3) is 3.10. The lowest BCUT2D eigenvalue weighted by atomic mass is 9.74. The van der Waals surface area contributed by atoms with Crippen LogP contribution in [0.4, 0.5) is 5.69 Å². The maximum Gasteiger partial charge on any atom is 0.165 e. The Hall–Kier alpha value is -1.97. The zero-order valence-electron chi connectivity index (χ0n) is 14.6. The molecule has 1 N–H and O–H groups in total. The molecule has 0 saturated carbocycles. The molecule has 4 rings (SSSR count). The van der Waals surface area contributed by atoms with Gasteiger partial charge in [0, 0.05) is 27.7 Å². The Morgan fingerprint density at radius 2 is 1.88 bits per heavy atom. The van der Waals surface area contributed by atoms with Gasteiger partial charge in [0.15, 0.2) is 11.9 Å². The Labute approximate surface area is 163 Å². The van der Waals surface area contributed by atoms with Gasteiger partial charge in [-0.2, -0.15) is 0 Å². The number of rotatable bonds is 1. The average molecular weight is 388 g/mol. The molecule has 0 aromatic heterocycles. The lowest BCUT2D eigenvalue weighted by Crippen LogP contribution is -2.31. The smallest absolute Gasteiger partial charge is 0.165 e. The monoisotopic (exact) mass is 387 g/mol. The van der Waals surface area contributed by atoms with Crippen LogP contribution in [-0.2, 0) is 4.79 Å². The van der Waals surface area contributed by atoms with Crippen molar-refractivity contribution in [2.45, 2.75) is 32.8 Å². The Kier molecular flexibility index (Phi) is 4.25. The number of hydrogen-bond donors (Lipinski definition) is 1. The van der Waals surface area contributed by atoms with Crippen LogP contribution in [0.3, 0.4) is 0 Å². The summed E-state index contributed by atoms with van der Waals surface area (Å²) in [5.41, 5.74) is 3.07. The van der Waals surface area contributed by atoms with Crippen LogP contribution in [-0.4, -0.2) is 5.78 Å². The van der Waals surface area contributed by atoms with Crippen molar-refractivity contribution in [3.05, 3.63) is 69.3 Å². The van der Waals surface area contributed by atoms with Gasteiger partial charge in [-0.3, -0.25) is 4.79 Å². The van der Waals surface area contributed by atoms with Crippen molar-refractivity contribution >= 4 is 34.7 Å². The minimum absolute atomic E-state index is 0.0903. The normalized spacial score (nSPS) is 21.2. The molecule has 1 atom stereocenters. The summed E-state index contributed by atoms with van der Waals surface area (Å²) in [5, 5.41) is 4.49. The number of para-hydroxylation sites is 2. The molecule has 2 aromatic rings. The summed E-state index contributed by atoms with van der Waals surface area (Å²) in [6, 6.07) is 13.0. The zero-order chi connectivity index (χ0) is 18.5. The van der Waals surface area contributed by atoms with E-state index in [9.17, 15) is 4.79 Å². The minimum Gasteiger partial charge on any atom is -0.479 e. The van der Waals surface area contributed by atoms with Crippen molar-refractivity contribution in [1.29, 1.82) is 0 Å². The number of halogens is 2. The SMILES string of the molecule is CC1(C)CC(=O)C2=C(C1)Nc1ccccc1OC2c1ccc(Cl)cc1Cl. The Morgan fingerprint density at radius 1 is 1.12 bits per heavy atom. The molecule has 1 unspecified atom stereocenters. The number of ketones is 1. The van der Waals surface area contributed by atoms with Gasteiger partial charge in [0.1, 0.15) is 5.75 Å². The number of benzene rings is 2. The van der Waals surface area contributed by atoms with Gasteiger partial charge in [0.25, 0.3) is 0 Å². The molecule has 0 bridgehead atoms. The lowest BCUT2D eigenvalue weighted by molar-refractivity contribution is -0.119. The number of anilines is 1. The molecule has 0 saturated heterocycles. The number of nitrogens with one attached hydrogen (secondary N) is 1. The highest BCUT2D eigenvalue weighted by atomic mass is 35.5. The predicted octanol–water partition coefficient (Wildman–Crippen LogP) is 6.18. The summed E-state index contributed by atoms with van der Waals surface area (Å²) in [6.45, 7) is 4.22. The molecule has 1 aliphatic carbocycles. The number of allylic oxidation sites excluding steroid dienone is 1. The summed E-state index contributed by atoms with van der Waals surface area (Å²) in [6.07, 6.45) is 0.692. The van der Waals surface area contributed by atoms with E-state index in [2.05, 4.69) is 19.2 Å². The zero-order valence-corrected chi connectivity index (χ0v) is 16.1. The molecular formula is C21H19Cl2NO2. The van der Waals surface area contributed by atoms with Gasteiger partial charge >= 0.3 is 0 Å². The van der Waals surface area contributed by atoms with E-state index in [4.69, 9.17) is 27.9 Å². The second-order valence-electron chi connectivity index (χ2n) is 7.62. The van der Waals surface area contributed by atoms with Crippen LogP contribution in [0.15, 0.2) is 53.7 Å². The van der Waals surface area contributed by atoms with E-state index in [0.29, 0.717) is 27.8 Å². The van der Waals surface area contributed by atoms with Crippen LogP contribution < -0.4 is 10.1 Å². The maximum absolute atomic E-state index is 13.1. The van der Waals surface area contributed by atoms with E-state index in [-0.39, 0.29) is 11.2 Å². The highest BCUT2D eigenvalue weighted by molar-refractivity contribution is 6.35. The molecule has 0 radical (unpaired) electrons. The highest BCUT2D eigenvalue weighted by Gasteiger charge is 2.40. The van der Waals surface area contributed by atoms with E-state index in [1.807, 2.05) is 30.3 Å². The molecule has 1 aliphatic heterocycles. The fourth-order valence-corrected chi connectivity index (χ4v) is 4.21. The van der Waals surface area contributed by atoms with Crippen LogP contribution in [0.2, 0.25) is 10.0 Å². The first-order chi connectivity index (χ1) is 12.3. The molecule has 2 aliphatic rings. The third-order valence-electron chi connectivity index (χ3n) is 4.84. The molecule has 0 fully saturated rings. The predicted molar refractivity (Wildman–Crippen MR) is 105 cm³/mol. The number of hydrogen-bond acceptors (Lipinski definition) is 3. The summed E-state index contributed by atoms with van der Waals surface area (Å²) in [5.74, 6) is 0.788. The number of Topliss-reactive ketones (excluding diaryl/α,β-unsaturated/α-hetero) is 1. The van der Waals surface area contributed by atoms with Gasteiger partial charge in [0.2, 0.25) is 0 Å². The second-order valence-corrected chi connectivity index (χ2v) is 8.46. The van der Waals surface area contributed by atoms with Crippen molar-refractivity contribution in [3.63, 3.8) is 0 Å². The van der Waals surface area contributed by atoms with Crippen LogP contribution in [0.25, 0.3) is 0 Å². The van der Waals surface area contributed by atoms with Crippen LogP contribution in [0, 0.1) is 5.41 Å². The second kappa shape index (κ2) is 6.33. The summed E-state index contributed by atoms with van der Waals surface area (Å²) >= 11 is 12.5. The Balaban J connectivity index is 1.91. The number of ether oxygens (including phenoxy) is 1. The summed E-state index contributed by atoms with van der Waals surface area (Å²) in [7, 11) is 0. The molecule has 134 valence electrons. The Morgan fingerprint density at radius 3 is 2.65 bits per heavy atom. The lowest BCUT2D eigenvalue weighted by Gasteiger charge is -2.33. The van der Waals surface area contributed by atoms with Crippen LogP contribution in [0.5, 0.6) is 5.75 Å². The molecule has 26 heavy (non-hydrogen) atoms. The molecule has 2 aromatic carbocycles. The van der Waals surface area contributed by atoms with Crippen molar-refractivity contribution < 1.29 is 9.53 Å². The van der Waals surface area contributed by atoms with Crippen molar-refractivity contribution in [1.82, 2.24) is 0 Å².